The fourth-order valence-corrected chi connectivity index (χ4v) is 5.60. The van der Waals surface area contributed by atoms with Gasteiger partial charge in [0.1, 0.15) is 0 Å². The van der Waals surface area contributed by atoms with Gasteiger partial charge in [-0.25, -0.2) is 18.4 Å². The maximum Gasteiger partial charge on any atom is 0.237 e. The van der Waals surface area contributed by atoms with Crippen molar-refractivity contribution in [2.45, 2.75) is 31.3 Å². The minimum Gasteiger partial charge on any atom is -0.338 e. The van der Waals surface area contributed by atoms with Crippen molar-refractivity contribution >= 4 is 21.7 Å². The Kier molecular flexibility index (Phi) is 4.83. The Balaban J connectivity index is 1.33. The Morgan fingerprint density at radius 2 is 1.77 bits per heavy atom. The largest absolute Gasteiger partial charge is 0.338 e. The van der Waals surface area contributed by atoms with Crippen LogP contribution < -0.4 is 4.90 Å². The highest BCUT2D eigenvalue weighted by Crippen LogP contribution is 2.32. The summed E-state index contributed by atoms with van der Waals surface area (Å²) in [5.74, 6) is 1.16. The first-order valence-corrected chi connectivity index (χ1v) is 11.1. The number of aromatic nitrogens is 2. The molecule has 0 unspecified atom stereocenters. The second kappa shape index (κ2) is 7.11. The van der Waals surface area contributed by atoms with Gasteiger partial charge in [-0.15, -0.1) is 0 Å². The number of rotatable bonds is 5. The van der Waals surface area contributed by atoms with Crippen molar-refractivity contribution in [3.63, 3.8) is 0 Å². The van der Waals surface area contributed by atoms with E-state index < -0.39 is 9.84 Å². The second-order valence-corrected chi connectivity index (χ2v) is 9.63. The predicted octanol–water partition coefficient (Wildman–Crippen LogP) is -0.223. The summed E-state index contributed by atoms with van der Waals surface area (Å²) >= 11 is 0. The van der Waals surface area contributed by atoms with Crippen molar-refractivity contribution in [1.29, 1.82) is 0 Å². The number of carbonyl (C=O) groups is 1. The van der Waals surface area contributed by atoms with E-state index in [2.05, 4.69) is 19.8 Å². The summed E-state index contributed by atoms with van der Waals surface area (Å²) < 4.78 is 23.6. The fraction of sp³-hybridized carbons (Fsp3) is 0.706. The number of piperazine rings is 1. The Morgan fingerprint density at radius 3 is 2.35 bits per heavy atom. The van der Waals surface area contributed by atoms with E-state index in [0.29, 0.717) is 13.0 Å². The molecular weight excluding hydrogens is 354 g/mol. The lowest BCUT2D eigenvalue weighted by Crippen LogP contribution is -2.52. The summed E-state index contributed by atoms with van der Waals surface area (Å²) in [5.41, 5.74) is 0. The van der Waals surface area contributed by atoms with Gasteiger partial charge in [0.25, 0.3) is 0 Å². The van der Waals surface area contributed by atoms with Crippen LogP contribution in [0.4, 0.5) is 5.95 Å². The minimum atomic E-state index is -2.98. The van der Waals surface area contributed by atoms with Gasteiger partial charge in [0.05, 0.1) is 18.1 Å². The van der Waals surface area contributed by atoms with Crippen molar-refractivity contribution in [3.8, 4) is 0 Å². The number of carbonyl (C=O) groups excluding carboxylic acids is 1. The van der Waals surface area contributed by atoms with Gasteiger partial charge >= 0.3 is 0 Å². The molecule has 1 amide bonds. The topological polar surface area (TPSA) is 86.7 Å². The van der Waals surface area contributed by atoms with Crippen LogP contribution in [-0.2, 0) is 14.6 Å². The van der Waals surface area contributed by atoms with E-state index in [9.17, 15) is 13.2 Å². The zero-order valence-corrected chi connectivity index (χ0v) is 15.6. The van der Waals surface area contributed by atoms with Crippen LogP contribution in [0.25, 0.3) is 0 Å². The molecule has 0 spiro atoms. The number of nitrogens with zero attached hydrogens (tertiary/aromatic N) is 5. The average Bonchev–Trinajstić information content (AvgIpc) is 3.39. The molecule has 0 bridgehead atoms. The third-order valence-electron chi connectivity index (χ3n) is 5.40. The van der Waals surface area contributed by atoms with Gasteiger partial charge in [0.2, 0.25) is 11.9 Å². The monoisotopic (exact) mass is 379 g/mol. The van der Waals surface area contributed by atoms with Crippen molar-refractivity contribution in [1.82, 2.24) is 19.8 Å². The van der Waals surface area contributed by atoms with Gasteiger partial charge < -0.3 is 9.80 Å². The first-order chi connectivity index (χ1) is 12.5. The predicted molar refractivity (Wildman–Crippen MR) is 97.6 cm³/mol. The Morgan fingerprint density at radius 1 is 1.08 bits per heavy atom. The molecule has 4 rings (SSSR count). The maximum absolute atomic E-state index is 12.9. The number of hydrogen-bond donors (Lipinski definition) is 0. The molecule has 26 heavy (non-hydrogen) atoms. The molecule has 2 aliphatic heterocycles. The Labute approximate surface area is 154 Å². The zero-order valence-electron chi connectivity index (χ0n) is 14.8. The van der Waals surface area contributed by atoms with Crippen LogP contribution in [0.3, 0.4) is 0 Å². The standard InChI is InChI=1S/C17H25N5O3S/c23-16(22(14-2-3-14)15-4-11-26(24,25)13-15)12-20-7-9-21(10-8-20)17-18-5-1-6-19-17/h1,5-6,14-15H,2-4,7-13H2/t15-/m0/s1. The van der Waals surface area contributed by atoms with Crippen LogP contribution in [0.5, 0.6) is 0 Å². The van der Waals surface area contributed by atoms with Gasteiger partial charge in [0.15, 0.2) is 9.84 Å². The molecule has 3 aliphatic rings. The highest BCUT2D eigenvalue weighted by atomic mass is 32.2. The number of anilines is 1. The number of hydrogen-bond acceptors (Lipinski definition) is 7. The Hall–Kier alpha value is -1.74. The molecular formula is C17H25N5O3S. The third-order valence-corrected chi connectivity index (χ3v) is 7.15. The molecule has 0 radical (unpaired) electrons. The molecule has 1 aromatic heterocycles. The lowest BCUT2D eigenvalue weighted by atomic mass is 10.2. The molecule has 142 valence electrons. The number of amides is 1. The van der Waals surface area contributed by atoms with E-state index >= 15 is 0 Å². The maximum atomic E-state index is 12.9. The Bertz CT molecular complexity index is 745. The van der Waals surface area contributed by atoms with Crippen molar-refractivity contribution in [3.05, 3.63) is 18.5 Å². The summed E-state index contributed by atoms with van der Waals surface area (Å²) in [7, 11) is -2.98. The van der Waals surface area contributed by atoms with E-state index in [1.807, 2.05) is 4.90 Å². The first kappa shape index (κ1) is 17.7. The van der Waals surface area contributed by atoms with Crippen molar-refractivity contribution in [2.24, 2.45) is 0 Å². The summed E-state index contributed by atoms with van der Waals surface area (Å²) in [6.45, 7) is 3.52. The summed E-state index contributed by atoms with van der Waals surface area (Å²) in [6, 6.07) is 1.92. The molecule has 1 atom stereocenters. The molecule has 1 saturated carbocycles. The van der Waals surface area contributed by atoms with Crippen LogP contribution in [0.2, 0.25) is 0 Å². The van der Waals surface area contributed by atoms with Gasteiger partial charge in [0, 0.05) is 50.7 Å². The van der Waals surface area contributed by atoms with Crippen LogP contribution >= 0.6 is 0 Å². The third kappa shape index (κ3) is 3.98. The van der Waals surface area contributed by atoms with Crippen molar-refractivity contribution < 1.29 is 13.2 Å². The molecule has 1 aromatic rings. The molecule has 0 aromatic carbocycles. The van der Waals surface area contributed by atoms with Gasteiger partial charge in [-0.2, -0.15) is 0 Å². The molecule has 9 heteroatoms. The zero-order chi connectivity index (χ0) is 18.1. The smallest absolute Gasteiger partial charge is 0.237 e. The van der Waals surface area contributed by atoms with Gasteiger partial charge in [-0.05, 0) is 25.3 Å². The van der Waals surface area contributed by atoms with E-state index in [0.717, 1.165) is 45.0 Å². The van der Waals surface area contributed by atoms with Crippen LogP contribution in [-0.4, -0.2) is 90.4 Å². The number of sulfone groups is 1. The minimum absolute atomic E-state index is 0.0824. The summed E-state index contributed by atoms with van der Waals surface area (Å²) in [4.78, 5) is 27.6. The van der Waals surface area contributed by atoms with E-state index in [1.54, 1.807) is 18.5 Å². The normalized spacial score (nSPS) is 26.0. The summed E-state index contributed by atoms with van der Waals surface area (Å²) in [5, 5.41) is 0. The fourth-order valence-electron chi connectivity index (χ4n) is 3.89. The quantitative estimate of drug-likeness (QED) is 0.699. The van der Waals surface area contributed by atoms with E-state index in [-0.39, 0.29) is 29.5 Å². The second-order valence-electron chi connectivity index (χ2n) is 7.40. The molecule has 3 fully saturated rings. The lowest BCUT2D eigenvalue weighted by Gasteiger charge is -2.36. The van der Waals surface area contributed by atoms with Gasteiger partial charge in [-0.1, -0.05) is 0 Å². The van der Waals surface area contributed by atoms with Crippen molar-refractivity contribution in [2.75, 3.05) is 49.1 Å². The molecule has 3 heterocycles. The SMILES string of the molecule is O=C(CN1CCN(c2ncccn2)CC1)N(C1CC1)[C@H]1CCS(=O)(=O)C1. The molecule has 0 N–H and O–H groups in total. The highest BCUT2D eigenvalue weighted by molar-refractivity contribution is 7.91. The highest BCUT2D eigenvalue weighted by Gasteiger charge is 2.42. The molecule has 8 nitrogen and oxygen atoms in total. The molecule has 2 saturated heterocycles. The first-order valence-electron chi connectivity index (χ1n) is 9.28. The van der Waals surface area contributed by atoms with E-state index in [1.165, 1.54) is 0 Å². The van der Waals surface area contributed by atoms with Crippen LogP contribution in [0.15, 0.2) is 18.5 Å². The van der Waals surface area contributed by atoms with Crippen LogP contribution in [0.1, 0.15) is 19.3 Å². The molecule has 1 aliphatic carbocycles. The lowest BCUT2D eigenvalue weighted by molar-refractivity contribution is -0.135. The average molecular weight is 379 g/mol. The van der Waals surface area contributed by atoms with E-state index in [4.69, 9.17) is 0 Å². The van der Waals surface area contributed by atoms with Gasteiger partial charge in [-0.3, -0.25) is 9.69 Å². The summed E-state index contributed by atoms with van der Waals surface area (Å²) in [6.07, 6.45) is 6.06. The van der Waals surface area contributed by atoms with Crippen LogP contribution in [0, 0.1) is 0 Å².